The summed E-state index contributed by atoms with van der Waals surface area (Å²) < 4.78 is 1.83. The van der Waals surface area contributed by atoms with E-state index in [2.05, 4.69) is 23.3 Å². The van der Waals surface area contributed by atoms with Crippen LogP contribution in [0.15, 0.2) is 42.6 Å². The smallest absolute Gasteiger partial charge is 0.100 e. The van der Waals surface area contributed by atoms with Crippen molar-refractivity contribution >= 4 is 10.9 Å². The molecule has 1 heterocycles. The molecule has 1 aromatic heterocycles. The Kier molecular flexibility index (Phi) is 2.57. The van der Waals surface area contributed by atoms with Gasteiger partial charge in [0.1, 0.15) is 5.52 Å². The molecule has 0 atom stereocenters. The highest BCUT2D eigenvalue weighted by Crippen LogP contribution is 2.30. The second-order valence-electron chi connectivity index (χ2n) is 4.69. The summed E-state index contributed by atoms with van der Waals surface area (Å²) in [7, 11) is 1.93. The number of hydrogen-bond donors (Lipinski definition) is 0. The summed E-state index contributed by atoms with van der Waals surface area (Å²) in [5.74, 6) is 0. The third-order valence-electron chi connectivity index (χ3n) is 3.30. The number of benzene rings is 2. The van der Waals surface area contributed by atoms with Crippen LogP contribution in [0.1, 0.15) is 11.1 Å². The monoisotopic (exact) mass is 247 g/mol. The molecule has 0 fully saturated rings. The molecule has 0 radical (unpaired) electrons. The standard InChI is InChI=1S/C16H13N3/c1-11-8-12(9-17)6-7-14(11)15-5-3-4-13-10-19(2)18-16(13)15/h3-8,10H,1-2H3. The maximum Gasteiger partial charge on any atom is 0.100 e. The Morgan fingerprint density at radius 2 is 2.00 bits per heavy atom. The van der Waals surface area contributed by atoms with Crippen molar-refractivity contribution in [1.82, 2.24) is 9.78 Å². The fourth-order valence-electron chi connectivity index (χ4n) is 2.42. The average molecular weight is 247 g/mol. The lowest BCUT2D eigenvalue weighted by molar-refractivity contribution is 0.780. The van der Waals surface area contributed by atoms with Gasteiger partial charge >= 0.3 is 0 Å². The van der Waals surface area contributed by atoms with Gasteiger partial charge in [0.15, 0.2) is 0 Å². The second kappa shape index (κ2) is 4.25. The summed E-state index contributed by atoms with van der Waals surface area (Å²) in [6, 6.07) is 14.1. The van der Waals surface area contributed by atoms with Crippen molar-refractivity contribution in [3.05, 3.63) is 53.7 Å². The highest BCUT2D eigenvalue weighted by Gasteiger charge is 2.09. The lowest BCUT2D eigenvalue weighted by Gasteiger charge is -2.07. The van der Waals surface area contributed by atoms with Gasteiger partial charge in [-0.3, -0.25) is 4.68 Å². The Balaban J connectivity index is 2.27. The molecule has 3 aromatic rings. The number of aryl methyl sites for hydroxylation is 2. The van der Waals surface area contributed by atoms with Crippen molar-refractivity contribution in [3.8, 4) is 17.2 Å². The molecular formula is C16H13N3. The first-order valence-electron chi connectivity index (χ1n) is 6.12. The summed E-state index contributed by atoms with van der Waals surface area (Å²) >= 11 is 0. The highest BCUT2D eigenvalue weighted by molar-refractivity contribution is 5.94. The minimum Gasteiger partial charge on any atom is -0.275 e. The van der Waals surface area contributed by atoms with Crippen molar-refractivity contribution in [2.75, 3.05) is 0 Å². The van der Waals surface area contributed by atoms with Crippen LogP contribution in [0.3, 0.4) is 0 Å². The molecule has 0 unspecified atom stereocenters. The SMILES string of the molecule is Cc1cc(C#N)ccc1-c1cccc2cn(C)nc12. The number of rotatable bonds is 1. The zero-order valence-electron chi connectivity index (χ0n) is 10.9. The van der Waals surface area contributed by atoms with Crippen LogP contribution in [0.5, 0.6) is 0 Å². The van der Waals surface area contributed by atoms with E-state index in [4.69, 9.17) is 5.26 Å². The predicted octanol–water partition coefficient (Wildman–Crippen LogP) is 3.42. The molecule has 0 aliphatic heterocycles. The summed E-state index contributed by atoms with van der Waals surface area (Å²) in [6.45, 7) is 2.03. The lowest BCUT2D eigenvalue weighted by atomic mass is 9.97. The van der Waals surface area contributed by atoms with Gasteiger partial charge in [0, 0.05) is 24.2 Å². The molecule has 3 nitrogen and oxygen atoms in total. The lowest BCUT2D eigenvalue weighted by Crippen LogP contribution is -1.89. The van der Waals surface area contributed by atoms with Crippen molar-refractivity contribution in [2.45, 2.75) is 6.92 Å². The minimum atomic E-state index is 0.689. The maximum absolute atomic E-state index is 8.93. The van der Waals surface area contributed by atoms with Gasteiger partial charge in [0.2, 0.25) is 0 Å². The molecule has 2 aromatic carbocycles. The van der Waals surface area contributed by atoms with Crippen molar-refractivity contribution < 1.29 is 0 Å². The van der Waals surface area contributed by atoms with Crippen LogP contribution in [-0.4, -0.2) is 9.78 Å². The number of hydrogen-bond acceptors (Lipinski definition) is 2. The Morgan fingerprint density at radius 3 is 2.74 bits per heavy atom. The first-order valence-corrected chi connectivity index (χ1v) is 6.12. The molecule has 3 rings (SSSR count). The van der Waals surface area contributed by atoms with Gasteiger partial charge in [-0.25, -0.2) is 0 Å². The van der Waals surface area contributed by atoms with E-state index in [-0.39, 0.29) is 0 Å². The Labute approximate surface area is 111 Å². The van der Waals surface area contributed by atoms with Crippen LogP contribution in [0.4, 0.5) is 0 Å². The zero-order chi connectivity index (χ0) is 13.4. The molecule has 0 saturated carbocycles. The van der Waals surface area contributed by atoms with E-state index >= 15 is 0 Å². The van der Waals surface area contributed by atoms with Crippen molar-refractivity contribution in [1.29, 1.82) is 5.26 Å². The maximum atomic E-state index is 8.93. The zero-order valence-corrected chi connectivity index (χ0v) is 10.9. The number of aromatic nitrogens is 2. The van der Waals surface area contributed by atoms with Crippen LogP contribution in [0, 0.1) is 18.3 Å². The first-order chi connectivity index (χ1) is 9.19. The molecular weight excluding hydrogens is 234 g/mol. The molecule has 0 N–H and O–H groups in total. The summed E-state index contributed by atoms with van der Waals surface area (Å²) in [5.41, 5.74) is 5.02. The largest absolute Gasteiger partial charge is 0.275 e. The normalized spacial score (nSPS) is 10.6. The topological polar surface area (TPSA) is 41.6 Å². The Hall–Kier alpha value is -2.60. The molecule has 0 aliphatic carbocycles. The van der Waals surface area contributed by atoms with E-state index in [9.17, 15) is 0 Å². The van der Waals surface area contributed by atoms with E-state index in [1.54, 1.807) is 0 Å². The van der Waals surface area contributed by atoms with E-state index in [1.807, 2.05) is 49.1 Å². The molecule has 0 amide bonds. The molecule has 0 spiro atoms. The Bertz CT molecular complexity index is 806. The summed E-state index contributed by atoms with van der Waals surface area (Å²) in [6.07, 6.45) is 2.01. The van der Waals surface area contributed by atoms with Gasteiger partial charge in [-0.05, 0) is 30.2 Å². The van der Waals surface area contributed by atoms with Gasteiger partial charge in [-0.1, -0.05) is 24.3 Å². The molecule has 0 bridgehead atoms. The number of fused-ring (bicyclic) bond motifs is 1. The van der Waals surface area contributed by atoms with Crippen LogP contribution in [-0.2, 0) is 7.05 Å². The van der Waals surface area contributed by atoms with Crippen LogP contribution in [0.25, 0.3) is 22.0 Å². The summed E-state index contributed by atoms with van der Waals surface area (Å²) in [4.78, 5) is 0. The molecule has 0 saturated heterocycles. The highest BCUT2D eigenvalue weighted by atomic mass is 15.2. The van der Waals surface area contributed by atoms with E-state index in [0.717, 1.165) is 27.6 Å². The van der Waals surface area contributed by atoms with Gasteiger partial charge < -0.3 is 0 Å². The number of nitriles is 1. The number of nitrogens with zero attached hydrogens (tertiary/aromatic N) is 3. The van der Waals surface area contributed by atoms with Gasteiger partial charge in [0.25, 0.3) is 0 Å². The van der Waals surface area contributed by atoms with Crippen molar-refractivity contribution in [3.63, 3.8) is 0 Å². The van der Waals surface area contributed by atoms with E-state index < -0.39 is 0 Å². The Morgan fingerprint density at radius 1 is 1.16 bits per heavy atom. The fourth-order valence-corrected chi connectivity index (χ4v) is 2.42. The molecule has 3 heteroatoms. The van der Waals surface area contributed by atoms with Crippen molar-refractivity contribution in [2.24, 2.45) is 7.05 Å². The quantitative estimate of drug-likeness (QED) is 0.661. The molecule has 0 aliphatic rings. The van der Waals surface area contributed by atoms with Crippen LogP contribution >= 0.6 is 0 Å². The van der Waals surface area contributed by atoms with Crippen LogP contribution in [0.2, 0.25) is 0 Å². The van der Waals surface area contributed by atoms with Gasteiger partial charge in [-0.15, -0.1) is 0 Å². The summed E-state index contributed by atoms with van der Waals surface area (Å²) in [5, 5.41) is 14.6. The second-order valence-corrected chi connectivity index (χ2v) is 4.69. The first kappa shape index (κ1) is 11.5. The van der Waals surface area contributed by atoms with E-state index in [0.29, 0.717) is 5.56 Å². The van der Waals surface area contributed by atoms with Gasteiger partial charge in [0.05, 0.1) is 11.6 Å². The third kappa shape index (κ3) is 1.88. The third-order valence-corrected chi connectivity index (χ3v) is 3.30. The molecule has 19 heavy (non-hydrogen) atoms. The average Bonchev–Trinajstić information content (AvgIpc) is 2.78. The van der Waals surface area contributed by atoms with Gasteiger partial charge in [-0.2, -0.15) is 10.4 Å². The minimum absolute atomic E-state index is 0.689. The molecule has 92 valence electrons. The fraction of sp³-hybridized carbons (Fsp3) is 0.125. The van der Waals surface area contributed by atoms with E-state index in [1.165, 1.54) is 0 Å². The van der Waals surface area contributed by atoms with Crippen LogP contribution < -0.4 is 0 Å². The predicted molar refractivity (Wildman–Crippen MR) is 75.6 cm³/mol.